The van der Waals surface area contributed by atoms with Gasteiger partial charge in [-0.05, 0) is 55.5 Å². The van der Waals surface area contributed by atoms with Gasteiger partial charge < -0.3 is 15.5 Å². The molecule has 180 valence electrons. The Labute approximate surface area is 199 Å². The summed E-state index contributed by atoms with van der Waals surface area (Å²) in [6.07, 6.45) is 5.43. The molecule has 2 aromatic rings. The quantitative estimate of drug-likeness (QED) is 0.686. The summed E-state index contributed by atoms with van der Waals surface area (Å²) < 4.78 is 13.2. The van der Waals surface area contributed by atoms with E-state index in [1.807, 2.05) is 30.3 Å². The van der Waals surface area contributed by atoms with Crippen molar-refractivity contribution in [3.8, 4) is 0 Å². The number of piperidine rings is 1. The lowest BCUT2D eigenvalue weighted by Gasteiger charge is -2.36. The number of hydrogen-bond acceptors (Lipinski definition) is 3. The highest BCUT2D eigenvalue weighted by Crippen LogP contribution is 2.22. The zero-order valence-corrected chi connectivity index (χ0v) is 19.3. The van der Waals surface area contributed by atoms with Gasteiger partial charge in [-0.15, -0.1) is 0 Å². The molecule has 0 radical (unpaired) electrons. The molecule has 0 spiro atoms. The van der Waals surface area contributed by atoms with E-state index in [0.29, 0.717) is 25.1 Å². The second-order valence-electron chi connectivity index (χ2n) is 9.33. The molecule has 2 N–H and O–H groups in total. The number of amides is 3. The summed E-state index contributed by atoms with van der Waals surface area (Å²) in [7, 11) is 0. The fraction of sp³-hybridized carbons (Fsp3) is 0.444. The van der Waals surface area contributed by atoms with Gasteiger partial charge in [-0.25, -0.2) is 4.39 Å². The van der Waals surface area contributed by atoms with Crippen molar-refractivity contribution in [1.29, 1.82) is 0 Å². The van der Waals surface area contributed by atoms with E-state index < -0.39 is 0 Å². The van der Waals surface area contributed by atoms with Gasteiger partial charge in [-0.3, -0.25) is 14.4 Å². The van der Waals surface area contributed by atoms with Crippen LogP contribution >= 0.6 is 0 Å². The smallest absolute Gasteiger partial charge is 0.251 e. The van der Waals surface area contributed by atoms with Crippen LogP contribution in [-0.4, -0.2) is 47.8 Å². The Morgan fingerprint density at radius 2 is 1.53 bits per heavy atom. The molecule has 4 rings (SSSR count). The summed E-state index contributed by atoms with van der Waals surface area (Å²) in [4.78, 5) is 40.3. The maximum absolute atomic E-state index is 13.2. The molecule has 6 nitrogen and oxygen atoms in total. The van der Waals surface area contributed by atoms with Crippen molar-refractivity contribution in [1.82, 2.24) is 15.5 Å². The molecule has 1 heterocycles. The third-order valence-corrected chi connectivity index (χ3v) is 6.86. The third kappa shape index (κ3) is 6.22. The highest BCUT2D eigenvalue weighted by molar-refractivity contribution is 5.94. The van der Waals surface area contributed by atoms with Gasteiger partial charge in [-0.1, -0.05) is 43.2 Å². The Hall–Kier alpha value is -3.22. The van der Waals surface area contributed by atoms with E-state index in [4.69, 9.17) is 0 Å². The Kier molecular flexibility index (Phi) is 7.93. The van der Waals surface area contributed by atoms with E-state index in [-0.39, 0.29) is 41.5 Å². The van der Waals surface area contributed by atoms with E-state index >= 15 is 0 Å². The first kappa shape index (κ1) is 23.9. The second kappa shape index (κ2) is 11.3. The number of likely N-dealkylation sites (tertiary alicyclic amines) is 1. The minimum Gasteiger partial charge on any atom is -0.351 e. The van der Waals surface area contributed by atoms with Gasteiger partial charge in [0.15, 0.2) is 0 Å². The van der Waals surface area contributed by atoms with Crippen molar-refractivity contribution in [2.75, 3.05) is 13.1 Å². The first-order chi connectivity index (χ1) is 16.5. The molecule has 2 fully saturated rings. The van der Waals surface area contributed by atoms with Crippen molar-refractivity contribution in [2.24, 2.45) is 5.92 Å². The molecule has 1 unspecified atom stereocenters. The molecule has 3 amide bonds. The minimum absolute atomic E-state index is 0.0470. The molecule has 0 aromatic heterocycles. The van der Waals surface area contributed by atoms with Crippen molar-refractivity contribution < 1.29 is 18.8 Å². The molecule has 0 bridgehead atoms. The normalized spacial score (nSPS) is 22.6. The number of nitrogens with one attached hydrogen (secondary N) is 2. The van der Waals surface area contributed by atoms with Gasteiger partial charge in [0.05, 0.1) is 12.3 Å². The number of rotatable bonds is 6. The average molecular weight is 466 g/mol. The van der Waals surface area contributed by atoms with Gasteiger partial charge in [0.25, 0.3) is 5.91 Å². The Morgan fingerprint density at radius 1 is 0.853 bits per heavy atom. The van der Waals surface area contributed by atoms with E-state index in [1.165, 1.54) is 24.3 Å². The molecular formula is C27H32FN3O3. The summed E-state index contributed by atoms with van der Waals surface area (Å²) in [6.45, 7) is 1.10. The molecule has 34 heavy (non-hydrogen) atoms. The van der Waals surface area contributed by atoms with Gasteiger partial charge in [0, 0.05) is 30.7 Å². The summed E-state index contributed by atoms with van der Waals surface area (Å²) in [5, 5.41) is 6.19. The Bertz CT molecular complexity index is 996. The zero-order chi connectivity index (χ0) is 23.9. The van der Waals surface area contributed by atoms with Crippen molar-refractivity contribution >= 4 is 17.7 Å². The van der Waals surface area contributed by atoms with Crippen LogP contribution in [0.25, 0.3) is 0 Å². The molecule has 1 aliphatic carbocycles. The minimum atomic E-state index is -0.386. The van der Waals surface area contributed by atoms with Crippen LogP contribution in [0.5, 0.6) is 0 Å². The third-order valence-electron chi connectivity index (χ3n) is 6.86. The van der Waals surface area contributed by atoms with Crippen LogP contribution in [0.1, 0.15) is 54.4 Å². The molecule has 1 saturated carbocycles. The summed E-state index contributed by atoms with van der Waals surface area (Å²) in [5.41, 5.74) is 1.37. The predicted octanol–water partition coefficient (Wildman–Crippen LogP) is 3.46. The molecule has 7 heteroatoms. The van der Waals surface area contributed by atoms with Crippen molar-refractivity contribution in [3.63, 3.8) is 0 Å². The van der Waals surface area contributed by atoms with Gasteiger partial charge in [0.1, 0.15) is 5.82 Å². The van der Waals surface area contributed by atoms with Crippen LogP contribution in [-0.2, 0) is 16.0 Å². The fourth-order valence-corrected chi connectivity index (χ4v) is 4.93. The van der Waals surface area contributed by atoms with Crippen LogP contribution in [0.3, 0.4) is 0 Å². The van der Waals surface area contributed by atoms with E-state index in [2.05, 4.69) is 10.6 Å². The van der Waals surface area contributed by atoms with E-state index in [0.717, 1.165) is 44.1 Å². The molecule has 2 aromatic carbocycles. The van der Waals surface area contributed by atoms with Crippen LogP contribution < -0.4 is 10.6 Å². The SMILES string of the molecule is O=C(N[C@@H]1CCCC[C@H]1NC(=O)C1CCCN(C(=O)Cc2ccccc2)C1)c1ccc(F)cc1. The lowest BCUT2D eigenvalue weighted by molar-refractivity contribution is -0.135. The van der Waals surface area contributed by atoms with Gasteiger partial charge in [-0.2, -0.15) is 0 Å². The zero-order valence-electron chi connectivity index (χ0n) is 19.3. The number of halogens is 1. The molecule has 2 aliphatic rings. The van der Waals surface area contributed by atoms with Crippen LogP contribution in [0.4, 0.5) is 4.39 Å². The van der Waals surface area contributed by atoms with E-state index in [1.54, 1.807) is 4.90 Å². The van der Waals surface area contributed by atoms with Gasteiger partial charge in [0.2, 0.25) is 11.8 Å². The van der Waals surface area contributed by atoms with Crippen LogP contribution in [0, 0.1) is 11.7 Å². The number of carbonyl (C=O) groups excluding carboxylic acids is 3. The lowest BCUT2D eigenvalue weighted by atomic mass is 9.88. The Morgan fingerprint density at radius 3 is 2.24 bits per heavy atom. The number of benzene rings is 2. The first-order valence-corrected chi connectivity index (χ1v) is 12.2. The van der Waals surface area contributed by atoms with Gasteiger partial charge >= 0.3 is 0 Å². The lowest BCUT2D eigenvalue weighted by Crippen LogP contribution is -2.55. The molecule has 3 atom stereocenters. The summed E-state index contributed by atoms with van der Waals surface area (Å²) >= 11 is 0. The highest BCUT2D eigenvalue weighted by atomic mass is 19.1. The predicted molar refractivity (Wildman–Crippen MR) is 128 cm³/mol. The van der Waals surface area contributed by atoms with E-state index in [9.17, 15) is 18.8 Å². The standard InChI is InChI=1S/C27H32FN3O3/c28-22-14-12-20(13-15-22)26(33)29-23-10-4-5-11-24(23)30-27(34)21-9-6-16-31(18-21)25(32)17-19-7-2-1-3-8-19/h1-3,7-8,12-15,21,23-24H,4-6,9-11,16-18H2,(H,29,33)(H,30,34)/t21?,23-,24-/m1/s1. The number of nitrogens with zero attached hydrogens (tertiary/aromatic N) is 1. The largest absolute Gasteiger partial charge is 0.351 e. The van der Waals surface area contributed by atoms with Crippen LogP contribution in [0.15, 0.2) is 54.6 Å². The maximum atomic E-state index is 13.2. The van der Waals surface area contributed by atoms with Crippen molar-refractivity contribution in [3.05, 3.63) is 71.5 Å². The fourth-order valence-electron chi connectivity index (χ4n) is 4.93. The summed E-state index contributed by atoms with van der Waals surface area (Å²) in [6, 6.07) is 14.8. The second-order valence-corrected chi connectivity index (χ2v) is 9.33. The van der Waals surface area contributed by atoms with Crippen LogP contribution in [0.2, 0.25) is 0 Å². The molecular weight excluding hydrogens is 433 g/mol. The molecule has 1 aliphatic heterocycles. The summed E-state index contributed by atoms with van der Waals surface area (Å²) in [5.74, 6) is -0.899. The Balaban J connectivity index is 1.33. The highest BCUT2D eigenvalue weighted by Gasteiger charge is 2.33. The molecule has 1 saturated heterocycles. The average Bonchev–Trinajstić information content (AvgIpc) is 2.86. The van der Waals surface area contributed by atoms with Crippen molar-refractivity contribution in [2.45, 2.75) is 57.0 Å². The monoisotopic (exact) mass is 465 g/mol. The first-order valence-electron chi connectivity index (χ1n) is 12.2. The number of hydrogen-bond donors (Lipinski definition) is 2. The number of carbonyl (C=O) groups is 3. The topological polar surface area (TPSA) is 78.5 Å². The maximum Gasteiger partial charge on any atom is 0.251 e.